The highest BCUT2D eigenvalue weighted by Gasteiger charge is 2.24. The predicted octanol–water partition coefficient (Wildman–Crippen LogP) is -1.12. The summed E-state index contributed by atoms with van der Waals surface area (Å²) in [5.74, 6) is -1.86. The molecule has 1 amide bonds. The lowest BCUT2D eigenvalue weighted by atomic mass is 10.1. The van der Waals surface area contributed by atoms with Crippen molar-refractivity contribution in [3.05, 3.63) is 11.1 Å². The van der Waals surface area contributed by atoms with Crippen molar-refractivity contribution in [1.82, 2.24) is 0 Å². The quantitative estimate of drug-likeness (QED) is 0.531. The van der Waals surface area contributed by atoms with Gasteiger partial charge in [-0.2, -0.15) is 0 Å². The largest absolute Gasteiger partial charge is 0.478 e. The standard InChI is InChI=1S/C6H7NO4/c7-5(8)3-1-11-2-4(3)6(9)10/h1-2H2,(H2,7,8)(H,9,10). The van der Waals surface area contributed by atoms with Crippen molar-refractivity contribution < 1.29 is 19.4 Å². The smallest absolute Gasteiger partial charge is 0.334 e. The number of carbonyl (C=O) groups is 2. The molecule has 0 spiro atoms. The molecule has 0 aromatic heterocycles. The Morgan fingerprint density at radius 3 is 2.27 bits per heavy atom. The summed E-state index contributed by atoms with van der Waals surface area (Å²) in [6.07, 6.45) is 0. The summed E-state index contributed by atoms with van der Waals surface area (Å²) < 4.78 is 4.74. The van der Waals surface area contributed by atoms with Crippen LogP contribution in [-0.2, 0) is 14.3 Å². The van der Waals surface area contributed by atoms with Crippen molar-refractivity contribution in [2.24, 2.45) is 5.73 Å². The molecule has 0 fully saturated rings. The van der Waals surface area contributed by atoms with E-state index in [1.54, 1.807) is 0 Å². The molecular weight excluding hydrogens is 150 g/mol. The minimum Gasteiger partial charge on any atom is -0.478 e. The molecule has 1 aliphatic rings. The first kappa shape index (κ1) is 7.74. The SMILES string of the molecule is NC(=O)C1=C(C(=O)O)COC1. The van der Waals surface area contributed by atoms with Crippen LogP contribution >= 0.6 is 0 Å². The molecule has 11 heavy (non-hydrogen) atoms. The van der Waals surface area contributed by atoms with E-state index >= 15 is 0 Å². The number of nitrogens with two attached hydrogens (primary N) is 1. The average Bonchev–Trinajstić information content (AvgIpc) is 2.32. The van der Waals surface area contributed by atoms with Gasteiger partial charge in [0.25, 0.3) is 0 Å². The monoisotopic (exact) mass is 157 g/mol. The first-order valence-corrected chi connectivity index (χ1v) is 2.95. The van der Waals surface area contributed by atoms with Crippen molar-refractivity contribution in [3.8, 4) is 0 Å². The molecule has 0 atom stereocenters. The van der Waals surface area contributed by atoms with Crippen LogP contribution in [0.2, 0.25) is 0 Å². The van der Waals surface area contributed by atoms with Gasteiger partial charge < -0.3 is 15.6 Å². The average molecular weight is 157 g/mol. The number of carboxylic acid groups (broad SMARTS) is 1. The third-order valence-corrected chi connectivity index (χ3v) is 1.41. The number of hydrogen-bond acceptors (Lipinski definition) is 3. The number of carboxylic acids is 1. The molecule has 0 aliphatic carbocycles. The van der Waals surface area contributed by atoms with Crippen LogP contribution < -0.4 is 5.73 Å². The van der Waals surface area contributed by atoms with E-state index in [-0.39, 0.29) is 24.4 Å². The maximum absolute atomic E-state index is 10.5. The number of aliphatic carboxylic acids is 1. The second kappa shape index (κ2) is 2.71. The minimum absolute atomic E-state index is 0.0109. The summed E-state index contributed by atoms with van der Waals surface area (Å²) in [4.78, 5) is 20.9. The zero-order valence-corrected chi connectivity index (χ0v) is 5.66. The van der Waals surface area contributed by atoms with Gasteiger partial charge in [-0.25, -0.2) is 4.79 Å². The third-order valence-electron chi connectivity index (χ3n) is 1.41. The van der Waals surface area contributed by atoms with Gasteiger partial charge in [0, 0.05) is 0 Å². The molecule has 0 saturated heterocycles. The molecule has 0 bridgehead atoms. The van der Waals surface area contributed by atoms with E-state index in [4.69, 9.17) is 15.6 Å². The van der Waals surface area contributed by atoms with E-state index in [1.165, 1.54) is 0 Å². The van der Waals surface area contributed by atoms with E-state index in [9.17, 15) is 9.59 Å². The number of ether oxygens (including phenoxy) is 1. The predicted molar refractivity (Wildman–Crippen MR) is 34.7 cm³/mol. The number of carbonyl (C=O) groups excluding carboxylic acids is 1. The number of primary amides is 1. The Morgan fingerprint density at radius 2 is 1.91 bits per heavy atom. The molecule has 0 aromatic rings. The lowest BCUT2D eigenvalue weighted by molar-refractivity contribution is -0.133. The van der Waals surface area contributed by atoms with Gasteiger partial charge in [0.1, 0.15) is 0 Å². The third kappa shape index (κ3) is 1.38. The Morgan fingerprint density at radius 1 is 1.36 bits per heavy atom. The summed E-state index contributed by atoms with van der Waals surface area (Å²) in [6.45, 7) is -0.0232. The van der Waals surface area contributed by atoms with Crippen LogP contribution in [0.4, 0.5) is 0 Å². The van der Waals surface area contributed by atoms with Crippen LogP contribution in [0.25, 0.3) is 0 Å². The van der Waals surface area contributed by atoms with Crippen LogP contribution in [0.3, 0.4) is 0 Å². The van der Waals surface area contributed by atoms with E-state index in [0.29, 0.717) is 0 Å². The number of rotatable bonds is 2. The van der Waals surface area contributed by atoms with Crippen molar-refractivity contribution >= 4 is 11.9 Å². The van der Waals surface area contributed by atoms with Crippen LogP contribution in [0.1, 0.15) is 0 Å². The fourth-order valence-corrected chi connectivity index (χ4v) is 0.840. The van der Waals surface area contributed by atoms with Crippen molar-refractivity contribution in [2.45, 2.75) is 0 Å². The first-order valence-electron chi connectivity index (χ1n) is 2.95. The zero-order chi connectivity index (χ0) is 8.43. The molecule has 5 heteroatoms. The summed E-state index contributed by atoms with van der Waals surface area (Å²) >= 11 is 0. The van der Waals surface area contributed by atoms with Crippen LogP contribution in [0.15, 0.2) is 11.1 Å². The highest BCUT2D eigenvalue weighted by Crippen LogP contribution is 2.13. The van der Waals surface area contributed by atoms with Crippen molar-refractivity contribution in [2.75, 3.05) is 13.2 Å². The molecular formula is C6H7NO4. The molecule has 1 heterocycles. The highest BCUT2D eigenvalue weighted by atomic mass is 16.5. The fraction of sp³-hybridized carbons (Fsp3) is 0.333. The van der Waals surface area contributed by atoms with E-state index < -0.39 is 11.9 Å². The Balaban J connectivity index is 2.95. The molecule has 0 saturated carbocycles. The second-order valence-corrected chi connectivity index (χ2v) is 2.12. The molecule has 0 aromatic carbocycles. The van der Waals surface area contributed by atoms with E-state index in [1.807, 2.05) is 0 Å². The summed E-state index contributed by atoms with van der Waals surface area (Å²) in [7, 11) is 0. The molecule has 5 nitrogen and oxygen atoms in total. The zero-order valence-electron chi connectivity index (χ0n) is 5.66. The van der Waals surface area contributed by atoms with Gasteiger partial charge in [-0.3, -0.25) is 4.79 Å². The lowest BCUT2D eigenvalue weighted by Gasteiger charge is -1.93. The van der Waals surface area contributed by atoms with Gasteiger partial charge in [-0.1, -0.05) is 0 Å². The Kier molecular flexibility index (Phi) is 1.91. The summed E-state index contributed by atoms with van der Waals surface area (Å²) in [5, 5.41) is 8.49. The second-order valence-electron chi connectivity index (χ2n) is 2.12. The summed E-state index contributed by atoms with van der Waals surface area (Å²) in [6, 6.07) is 0. The normalized spacial score (nSPS) is 17.1. The van der Waals surface area contributed by atoms with Crippen LogP contribution in [0.5, 0.6) is 0 Å². The fourth-order valence-electron chi connectivity index (χ4n) is 0.840. The Labute approximate surface area is 62.4 Å². The maximum atomic E-state index is 10.5. The van der Waals surface area contributed by atoms with Gasteiger partial charge in [0.15, 0.2) is 0 Å². The minimum atomic E-state index is -1.14. The first-order chi connectivity index (χ1) is 5.13. The number of hydrogen-bond donors (Lipinski definition) is 2. The molecule has 60 valence electrons. The van der Waals surface area contributed by atoms with Crippen molar-refractivity contribution in [3.63, 3.8) is 0 Å². The van der Waals surface area contributed by atoms with E-state index in [0.717, 1.165) is 0 Å². The van der Waals surface area contributed by atoms with E-state index in [2.05, 4.69) is 0 Å². The Hall–Kier alpha value is -1.36. The molecule has 1 rings (SSSR count). The summed E-state index contributed by atoms with van der Waals surface area (Å²) in [5.41, 5.74) is 4.92. The van der Waals surface area contributed by atoms with Gasteiger partial charge in [-0.05, 0) is 0 Å². The van der Waals surface area contributed by atoms with Gasteiger partial charge in [0.2, 0.25) is 5.91 Å². The molecule has 0 unspecified atom stereocenters. The van der Waals surface area contributed by atoms with Gasteiger partial charge >= 0.3 is 5.97 Å². The van der Waals surface area contributed by atoms with Crippen molar-refractivity contribution in [1.29, 1.82) is 0 Å². The van der Waals surface area contributed by atoms with Crippen LogP contribution in [0, 0.1) is 0 Å². The van der Waals surface area contributed by atoms with Gasteiger partial charge in [0.05, 0.1) is 24.4 Å². The highest BCUT2D eigenvalue weighted by molar-refractivity contribution is 6.02. The van der Waals surface area contributed by atoms with Crippen LogP contribution in [-0.4, -0.2) is 30.2 Å². The van der Waals surface area contributed by atoms with Gasteiger partial charge in [-0.15, -0.1) is 0 Å². The Bertz CT molecular complexity index is 219. The maximum Gasteiger partial charge on any atom is 0.334 e. The molecule has 3 N–H and O–H groups in total. The number of amides is 1. The molecule has 1 aliphatic heterocycles. The molecule has 0 radical (unpaired) electrons. The topological polar surface area (TPSA) is 89.6 Å². The lowest BCUT2D eigenvalue weighted by Crippen LogP contribution is -2.18.